The monoisotopic (exact) mass is 251 g/mol. The van der Waals surface area contributed by atoms with E-state index in [4.69, 9.17) is 0 Å². The van der Waals surface area contributed by atoms with E-state index in [9.17, 15) is 4.79 Å². The molecule has 2 rings (SSSR count). The minimum absolute atomic E-state index is 0.110. The van der Waals surface area contributed by atoms with Gasteiger partial charge in [-0.25, -0.2) is 4.79 Å². The van der Waals surface area contributed by atoms with Crippen molar-refractivity contribution in [3.05, 3.63) is 71.3 Å². The summed E-state index contributed by atoms with van der Waals surface area (Å²) in [4.78, 5) is 13.9. The lowest BCUT2D eigenvalue weighted by atomic mass is 10.0. The van der Waals surface area contributed by atoms with Crippen LogP contribution in [-0.2, 0) is 17.6 Å². The Labute approximate surface area is 113 Å². The van der Waals surface area contributed by atoms with Gasteiger partial charge >= 0.3 is 0 Å². The number of hydrogen-bond acceptors (Lipinski definition) is 2. The zero-order valence-electron chi connectivity index (χ0n) is 11.0. The van der Waals surface area contributed by atoms with Crippen LogP contribution in [0.15, 0.2) is 59.6 Å². The number of aryl methyl sites for hydroxylation is 2. The molecule has 0 bridgehead atoms. The molecule has 0 amide bonds. The summed E-state index contributed by atoms with van der Waals surface area (Å²) in [5.74, 6) is 0. The third-order valence-corrected chi connectivity index (χ3v) is 3.25. The first-order chi connectivity index (χ1) is 9.29. The minimum Gasteiger partial charge on any atom is -0.211 e. The summed E-state index contributed by atoms with van der Waals surface area (Å²) in [5, 5.41) is 0. The van der Waals surface area contributed by atoms with Gasteiger partial charge in [0.25, 0.3) is 0 Å². The maximum absolute atomic E-state index is 10.2. The van der Waals surface area contributed by atoms with Crippen molar-refractivity contribution in [3.63, 3.8) is 0 Å². The quantitative estimate of drug-likeness (QED) is 0.586. The molecule has 0 aliphatic heterocycles. The second-order valence-electron chi connectivity index (χ2n) is 4.62. The fraction of sp³-hybridized carbons (Fsp3) is 0.235. The molecule has 0 saturated carbocycles. The molecule has 19 heavy (non-hydrogen) atoms. The minimum atomic E-state index is -0.110. The van der Waals surface area contributed by atoms with Crippen LogP contribution in [0.1, 0.15) is 29.7 Å². The molecule has 0 aromatic heterocycles. The zero-order chi connectivity index (χ0) is 13.5. The molecule has 2 aromatic rings. The first-order valence-electron chi connectivity index (χ1n) is 6.49. The Kier molecular flexibility index (Phi) is 4.66. The lowest BCUT2D eigenvalue weighted by Crippen LogP contribution is -1.93. The van der Waals surface area contributed by atoms with Crippen LogP contribution in [0.25, 0.3) is 0 Å². The second kappa shape index (κ2) is 6.67. The van der Waals surface area contributed by atoms with Gasteiger partial charge in [-0.15, -0.1) is 0 Å². The maximum atomic E-state index is 10.2. The van der Waals surface area contributed by atoms with Gasteiger partial charge < -0.3 is 0 Å². The van der Waals surface area contributed by atoms with Crippen LogP contribution in [0.4, 0.5) is 0 Å². The molecule has 2 aromatic carbocycles. The van der Waals surface area contributed by atoms with E-state index in [1.54, 1.807) is 6.08 Å². The van der Waals surface area contributed by atoms with E-state index in [0.29, 0.717) is 0 Å². The normalized spacial score (nSPS) is 11.6. The van der Waals surface area contributed by atoms with Crippen LogP contribution in [0.3, 0.4) is 0 Å². The van der Waals surface area contributed by atoms with Gasteiger partial charge in [-0.05, 0) is 36.5 Å². The molecular weight excluding hydrogens is 234 g/mol. The summed E-state index contributed by atoms with van der Waals surface area (Å²) in [6.07, 6.45) is 3.67. The SMILES string of the molecule is C[C@H](N=C=O)c1ccc(CCc2ccccc2)cc1. The highest BCUT2D eigenvalue weighted by atomic mass is 16.1. The molecule has 0 unspecified atom stereocenters. The van der Waals surface area contributed by atoms with Crippen molar-refractivity contribution in [2.24, 2.45) is 4.99 Å². The molecule has 2 heteroatoms. The Hall–Kier alpha value is -2.18. The van der Waals surface area contributed by atoms with Crippen molar-refractivity contribution in [2.75, 3.05) is 0 Å². The predicted molar refractivity (Wildman–Crippen MR) is 76.8 cm³/mol. The van der Waals surface area contributed by atoms with E-state index in [2.05, 4.69) is 41.4 Å². The molecule has 0 radical (unpaired) electrons. The molecule has 0 spiro atoms. The smallest absolute Gasteiger partial charge is 0.211 e. The van der Waals surface area contributed by atoms with Gasteiger partial charge in [0.05, 0.1) is 6.04 Å². The van der Waals surface area contributed by atoms with Crippen molar-refractivity contribution in [1.29, 1.82) is 0 Å². The van der Waals surface area contributed by atoms with E-state index >= 15 is 0 Å². The summed E-state index contributed by atoms with van der Waals surface area (Å²) in [5.41, 5.74) is 3.70. The van der Waals surface area contributed by atoms with Crippen LogP contribution in [0.5, 0.6) is 0 Å². The third-order valence-electron chi connectivity index (χ3n) is 3.25. The van der Waals surface area contributed by atoms with E-state index in [0.717, 1.165) is 18.4 Å². The third kappa shape index (κ3) is 3.90. The second-order valence-corrected chi connectivity index (χ2v) is 4.62. The summed E-state index contributed by atoms with van der Waals surface area (Å²) < 4.78 is 0. The Morgan fingerprint density at radius 1 is 0.947 bits per heavy atom. The van der Waals surface area contributed by atoms with Gasteiger partial charge in [0, 0.05) is 0 Å². The molecule has 0 heterocycles. The molecule has 0 fully saturated rings. The number of rotatable bonds is 5. The number of hydrogen-bond donors (Lipinski definition) is 0. The topological polar surface area (TPSA) is 29.4 Å². The molecule has 2 nitrogen and oxygen atoms in total. The van der Waals surface area contributed by atoms with Crippen LogP contribution in [0.2, 0.25) is 0 Å². The van der Waals surface area contributed by atoms with Crippen molar-refractivity contribution < 1.29 is 4.79 Å². The Balaban J connectivity index is 1.97. The van der Waals surface area contributed by atoms with E-state index in [1.165, 1.54) is 11.1 Å². The Morgan fingerprint density at radius 2 is 1.53 bits per heavy atom. The first kappa shape index (κ1) is 13.3. The van der Waals surface area contributed by atoms with Gasteiger partial charge in [-0.1, -0.05) is 54.6 Å². The van der Waals surface area contributed by atoms with Crippen molar-refractivity contribution >= 4 is 6.08 Å². The summed E-state index contributed by atoms with van der Waals surface area (Å²) in [6, 6.07) is 18.6. The Bertz CT molecular complexity index is 554. The lowest BCUT2D eigenvalue weighted by molar-refractivity contribution is 0.559. The highest BCUT2D eigenvalue weighted by Crippen LogP contribution is 2.17. The van der Waals surface area contributed by atoms with Gasteiger partial charge in [0.15, 0.2) is 0 Å². The number of carbonyl (C=O) groups excluding carboxylic acids is 1. The van der Waals surface area contributed by atoms with Gasteiger partial charge in [0.1, 0.15) is 0 Å². The number of isocyanates is 1. The Morgan fingerprint density at radius 3 is 2.11 bits per heavy atom. The average molecular weight is 251 g/mol. The van der Waals surface area contributed by atoms with Crippen LogP contribution in [0, 0.1) is 0 Å². The predicted octanol–water partition coefficient (Wildman–Crippen LogP) is 3.87. The fourth-order valence-corrected chi connectivity index (χ4v) is 2.05. The van der Waals surface area contributed by atoms with E-state index < -0.39 is 0 Å². The molecule has 0 aliphatic rings. The lowest BCUT2D eigenvalue weighted by Gasteiger charge is -2.06. The van der Waals surface area contributed by atoms with E-state index in [1.807, 2.05) is 25.1 Å². The number of aliphatic imine (C=N–C) groups is 1. The van der Waals surface area contributed by atoms with Crippen LogP contribution in [-0.4, -0.2) is 6.08 Å². The molecular formula is C17H17NO. The fourth-order valence-electron chi connectivity index (χ4n) is 2.05. The van der Waals surface area contributed by atoms with Gasteiger partial charge in [-0.3, -0.25) is 0 Å². The molecule has 0 N–H and O–H groups in total. The highest BCUT2D eigenvalue weighted by Gasteiger charge is 2.03. The molecule has 1 atom stereocenters. The van der Waals surface area contributed by atoms with Crippen molar-refractivity contribution in [3.8, 4) is 0 Å². The largest absolute Gasteiger partial charge is 0.235 e. The summed E-state index contributed by atoms with van der Waals surface area (Å²) in [6.45, 7) is 1.89. The number of benzene rings is 2. The summed E-state index contributed by atoms with van der Waals surface area (Å²) >= 11 is 0. The van der Waals surface area contributed by atoms with E-state index in [-0.39, 0.29) is 6.04 Å². The maximum Gasteiger partial charge on any atom is 0.235 e. The van der Waals surface area contributed by atoms with Crippen LogP contribution < -0.4 is 0 Å². The van der Waals surface area contributed by atoms with Crippen molar-refractivity contribution in [1.82, 2.24) is 0 Å². The van der Waals surface area contributed by atoms with Gasteiger partial charge in [0.2, 0.25) is 6.08 Å². The molecule has 0 saturated heterocycles. The average Bonchev–Trinajstić information content (AvgIpc) is 2.47. The zero-order valence-corrected chi connectivity index (χ0v) is 11.0. The number of nitrogens with zero attached hydrogens (tertiary/aromatic N) is 1. The first-order valence-corrected chi connectivity index (χ1v) is 6.49. The molecule has 0 aliphatic carbocycles. The van der Waals surface area contributed by atoms with Gasteiger partial charge in [-0.2, -0.15) is 4.99 Å². The van der Waals surface area contributed by atoms with Crippen LogP contribution >= 0.6 is 0 Å². The molecule has 96 valence electrons. The standard InChI is InChI=1S/C17H17NO/c1-14(18-13-19)17-11-9-16(10-12-17)8-7-15-5-3-2-4-6-15/h2-6,9-12,14H,7-8H2,1H3/t14-/m0/s1. The summed E-state index contributed by atoms with van der Waals surface area (Å²) in [7, 11) is 0. The highest BCUT2D eigenvalue weighted by molar-refractivity contribution is 5.35. The van der Waals surface area contributed by atoms with Crippen molar-refractivity contribution in [2.45, 2.75) is 25.8 Å².